The molecule has 0 spiro atoms. The first-order valence-electron chi connectivity index (χ1n) is 6.76. The summed E-state index contributed by atoms with van der Waals surface area (Å²) in [5.41, 5.74) is -0.539. The van der Waals surface area contributed by atoms with Crippen LogP contribution < -0.4 is 5.32 Å². The molecule has 0 heterocycles. The Morgan fingerprint density at radius 2 is 1.50 bits per heavy atom. The predicted octanol–water partition coefficient (Wildman–Crippen LogP) is 4.36. The van der Waals surface area contributed by atoms with Crippen LogP contribution in [0.4, 0.5) is 4.79 Å². The molecule has 0 fully saturated rings. The molecule has 0 rings (SSSR count). The average Bonchev–Trinajstić information content (AvgIpc) is 1.94. The molecule has 0 aromatic heterocycles. The molecule has 0 saturated carbocycles. The first-order valence-corrected chi connectivity index (χ1v) is 6.76. The van der Waals surface area contributed by atoms with E-state index in [4.69, 9.17) is 4.74 Å². The van der Waals surface area contributed by atoms with E-state index < -0.39 is 5.60 Å². The Morgan fingerprint density at radius 1 is 1.06 bits per heavy atom. The molecule has 108 valence electrons. The number of carbonyl (C=O) groups is 1. The molecular formula is C15H31NO2. The van der Waals surface area contributed by atoms with Gasteiger partial charge in [0.05, 0.1) is 0 Å². The molecule has 0 aliphatic carbocycles. The molecule has 0 bridgehead atoms. The zero-order valence-corrected chi connectivity index (χ0v) is 13.6. The topological polar surface area (TPSA) is 38.3 Å². The Balaban J connectivity index is 4.53. The lowest BCUT2D eigenvalue weighted by Crippen LogP contribution is -2.48. The molecule has 3 nitrogen and oxygen atoms in total. The molecule has 0 saturated heterocycles. The molecule has 0 radical (unpaired) electrons. The monoisotopic (exact) mass is 257 g/mol. The van der Waals surface area contributed by atoms with Gasteiger partial charge in [-0.15, -0.1) is 0 Å². The summed E-state index contributed by atoms with van der Waals surface area (Å²) in [6, 6.07) is 0. The van der Waals surface area contributed by atoms with Gasteiger partial charge < -0.3 is 10.1 Å². The SMILES string of the molecule is CC(C)C(C)(C)CC(C)(C)NC(=O)OC(C)(C)C. The van der Waals surface area contributed by atoms with Gasteiger partial charge in [0.2, 0.25) is 0 Å². The van der Waals surface area contributed by atoms with Crippen molar-refractivity contribution in [1.29, 1.82) is 0 Å². The quantitative estimate of drug-likeness (QED) is 0.812. The lowest BCUT2D eigenvalue weighted by Gasteiger charge is -2.38. The number of amides is 1. The first-order chi connectivity index (χ1) is 7.75. The second-order valence-electron chi connectivity index (χ2n) is 7.83. The highest BCUT2D eigenvalue weighted by molar-refractivity contribution is 5.68. The highest BCUT2D eigenvalue weighted by atomic mass is 16.6. The Labute approximate surface area is 113 Å². The Morgan fingerprint density at radius 3 is 1.83 bits per heavy atom. The summed E-state index contributed by atoms with van der Waals surface area (Å²) in [7, 11) is 0. The summed E-state index contributed by atoms with van der Waals surface area (Å²) in [6.45, 7) is 18.6. The summed E-state index contributed by atoms with van der Waals surface area (Å²) < 4.78 is 5.30. The number of alkyl carbamates (subject to hydrolysis) is 1. The van der Waals surface area contributed by atoms with Gasteiger partial charge >= 0.3 is 6.09 Å². The molecule has 0 aromatic rings. The Kier molecular flexibility index (Phi) is 5.27. The largest absolute Gasteiger partial charge is 0.444 e. The second kappa shape index (κ2) is 5.50. The zero-order chi connectivity index (χ0) is 14.8. The van der Waals surface area contributed by atoms with Crippen molar-refractivity contribution in [2.45, 2.75) is 79.9 Å². The van der Waals surface area contributed by atoms with E-state index >= 15 is 0 Å². The fraction of sp³-hybridized carbons (Fsp3) is 0.933. The Bertz CT molecular complexity index is 285. The molecule has 0 aliphatic rings. The van der Waals surface area contributed by atoms with Gasteiger partial charge in [0.15, 0.2) is 0 Å². The van der Waals surface area contributed by atoms with Crippen molar-refractivity contribution in [3.63, 3.8) is 0 Å². The second-order valence-corrected chi connectivity index (χ2v) is 7.83. The number of carbonyl (C=O) groups excluding carboxylic acids is 1. The van der Waals surface area contributed by atoms with Crippen LogP contribution in [-0.2, 0) is 4.74 Å². The van der Waals surface area contributed by atoms with Crippen LogP contribution in [0.2, 0.25) is 0 Å². The van der Waals surface area contributed by atoms with Crippen molar-refractivity contribution in [2.75, 3.05) is 0 Å². The minimum Gasteiger partial charge on any atom is -0.444 e. The van der Waals surface area contributed by atoms with Crippen LogP contribution in [0.15, 0.2) is 0 Å². The van der Waals surface area contributed by atoms with E-state index in [2.05, 4.69) is 33.0 Å². The normalized spacial score (nSPS) is 13.7. The molecule has 0 aliphatic heterocycles. The van der Waals surface area contributed by atoms with E-state index in [-0.39, 0.29) is 17.0 Å². The van der Waals surface area contributed by atoms with E-state index in [1.54, 1.807) is 0 Å². The van der Waals surface area contributed by atoms with Crippen LogP contribution in [0.1, 0.15) is 68.7 Å². The summed E-state index contributed by atoms with van der Waals surface area (Å²) in [6.07, 6.45) is 0.573. The van der Waals surface area contributed by atoms with E-state index in [1.807, 2.05) is 34.6 Å². The van der Waals surface area contributed by atoms with Crippen LogP contribution in [0.5, 0.6) is 0 Å². The molecule has 0 atom stereocenters. The minimum absolute atomic E-state index is 0.179. The van der Waals surface area contributed by atoms with Crippen molar-refractivity contribution in [1.82, 2.24) is 5.32 Å². The van der Waals surface area contributed by atoms with Crippen molar-refractivity contribution in [3.05, 3.63) is 0 Å². The number of hydrogen-bond donors (Lipinski definition) is 1. The van der Waals surface area contributed by atoms with Crippen molar-refractivity contribution < 1.29 is 9.53 Å². The van der Waals surface area contributed by atoms with Gasteiger partial charge in [-0.3, -0.25) is 0 Å². The van der Waals surface area contributed by atoms with Crippen LogP contribution in [0.25, 0.3) is 0 Å². The maximum Gasteiger partial charge on any atom is 0.408 e. The van der Waals surface area contributed by atoms with Crippen molar-refractivity contribution >= 4 is 6.09 Å². The van der Waals surface area contributed by atoms with Crippen LogP contribution in [0, 0.1) is 11.3 Å². The molecule has 1 N–H and O–H groups in total. The van der Waals surface area contributed by atoms with Crippen LogP contribution >= 0.6 is 0 Å². The number of hydrogen-bond acceptors (Lipinski definition) is 2. The van der Waals surface area contributed by atoms with Gasteiger partial charge in [0.1, 0.15) is 5.60 Å². The predicted molar refractivity (Wildman–Crippen MR) is 76.7 cm³/mol. The fourth-order valence-corrected chi connectivity index (χ4v) is 1.97. The summed E-state index contributed by atoms with van der Waals surface area (Å²) in [5.74, 6) is 0.567. The van der Waals surface area contributed by atoms with Crippen LogP contribution in [0.3, 0.4) is 0 Å². The van der Waals surface area contributed by atoms with E-state index in [0.717, 1.165) is 6.42 Å². The van der Waals surface area contributed by atoms with E-state index in [0.29, 0.717) is 5.92 Å². The first kappa shape index (κ1) is 17.3. The third-order valence-corrected chi connectivity index (χ3v) is 3.30. The van der Waals surface area contributed by atoms with E-state index in [9.17, 15) is 4.79 Å². The third kappa shape index (κ3) is 6.87. The Hall–Kier alpha value is -0.730. The smallest absolute Gasteiger partial charge is 0.408 e. The van der Waals surface area contributed by atoms with Gasteiger partial charge in [-0.1, -0.05) is 27.7 Å². The van der Waals surface area contributed by atoms with E-state index in [1.165, 1.54) is 0 Å². The molecule has 0 unspecified atom stereocenters. The zero-order valence-electron chi connectivity index (χ0n) is 13.6. The maximum absolute atomic E-state index is 11.8. The highest BCUT2D eigenvalue weighted by Gasteiger charge is 2.33. The lowest BCUT2D eigenvalue weighted by molar-refractivity contribution is 0.0431. The summed E-state index contributed by atoms with van der Waals surface area (Å²) in [5, 5.41) is 2.96. The van der Waals surface area contributed by atoms with Crippen molar-refractivity contribution in [3.8, 4) is 0 Å². The molecule has 1 amide bonds. The molecular weight excluding hydrogens is 226 g/mol. The van der Waals surface area contributed by atoms with Gasteiger partial charge in [0.25, 0.3) is 0 Å². The maximum atomic E-state index is 11.8. The molecule has 0 aromatic carbocycles. The van der Waals surface area contributed by atoms with Gasteiger partial charge in [-0.05, 0) is 52.4 Å². The van der Waals surface area contributed by atoms with Crippen molar-refractivity contribution in [2.24, 2.45) is 11.3 Å². The molecule has 3 heteroatoms. The van der Waals surface area contributed by atoms with Gasteiger partial charge in [0, 0.05) is 5.54 Å². The third-order valence-electron chi connectivity index (χ3n) is 3.30. The van der Waals surface area contributed by atoms with Crippen LogP contribution in [-0.4, -0.2) is 17.2 Å². The fourth-order valence-electron chi connectivity index (χ4n) is 1.97. The lowest BCUT2D eigenvalue weighted by atomic mass is 9.72. The standard InChI is InChI=1S/C15H31NO2/c1-11(2)14(6,7)10-15(8,9)16-12(17)18-13(3,4)5/h11H,10H2,1-9H3,(H,16,17). The van der Waals surface area contributed by atoms with Gasteiger partial charge in [-0.2, -0.15) is 0 Å². The number of ether oxygens (including phenoxy) is 1. The number of nitrogens with one attached hydrogen (secondary N) is 1. The number of rotatable bonds is 4. The highest BCUT2D eigenvalue weighted by Crippen LogP contribution is 2.35. The molecule has 18 heavy (non-hydrogen) atoms. The average molecular weight is 257 g/mol. The summed E-state index contributed by atoms with van der Waals surface area (Å²) >= 11 is 0. The minimum atomic E-state index is -0.451. The summed E-state index contributed by atoms with van der Waals surface area (Å²) in [4.78, 5) is 11.8. The van der Waals surface area contributed by atoms with Gasteiger partial charge in [-0.25, -0.2) is 4.79 Å².